The maximum absolute atomic E-state index is 13.4. The molecule has 0 fully saturated rings. The third-order valence-electron chi connectivity index (χ3n) is 3.83. The molecule has 21 heavy (non-hydrogen) atoms. The molecule has 1 N–H and O–H groups in total. The van der Waals surface area contributed by atoms with E-state index in [9.17, 15) is 4.39 Å². The lowest BCUT2D eigenvalue weighted by atomic mass is 9.99. The first-order valence-corrected chi connectivity index (χ1v) is 7.49. The van der Waals surface area contributed by atoms with E-state index in [1.165, 1.54) is 6.07 Å². The van der Waals surface area contributed by atoms with Crippen LogP contribution in [0.2, 0.25) is 5.02 Å². The quantitative estimate of drug-likeness (QED) is 0.915. The van der Waals surface area contributed by atoms with Crippen molar-refractivity contribution in [3.8, 4) is 0 Å². The smallest absolute Gasteiger partial charge is 0.126 e. The maximum Gasteiger partial charge on any atom is 0.126 e. The highest BCUT2D eigenvalue weighted by Gasteiger charge is 2.18. The van der Waals surface area contributed by atoms with E-state index in [-0.39, 0.29) is 11.9 Å². The molecule has 0 saturated carbocycles. The zero-order chi connectivity index (χ0) is 15.6. The van der Waals surface area contributed by atoms with E-state index in [0.717, 1.165) is 28.4 Å². The van der Waals surface area contributed by atoms with Crippen molar-refractivity contribution < 1.29 is 4.39 Å². The second kappa shape index (κ2) is 6.58. The molecule has 0 amide bonds. The van der Waals surface area contributed by atoms with E-state index in [1.54, 1.807) is 6.92 Å². The van der Waals surface area contributed by atoms with Gasteiger partial charge in [0, 0.05) is 19.5 Å². The molecule has 0 aliphatic heterocycles. The van der Waals surface area contributed by atoms with E-state index in [0.29, 0.717) is 12.0 Å². The molecule has 1 heterocycles. The number of rotatable bonds is 5. The largest absolute Gasteiger partial charge is 0.313 e. The predicted molar refractivity (Wildman–Crippen MR) is 84.2 cm³/mol. The Balaban J connectivity index is 2.31. The van der Waals surface area contributed by atoms with Gasteiger partial charge in [-0.2, -0.15) is 5.10 Å². The zero-order valence-electron chi connectivity index (χ0n) is 12.9. The lowest BCUT2D eigenvalue weighted by molar-refractivity contribution is 0.557. The molecule has 2 aromatic rings. The van der Waals surface area contributed by atoms with E-state index in [1.807, 2.05) is 37.8 Å². The average molecular weight is 310 g/mol. The molecular formula is C16H21ClFN3. The Morgan fingerprint density at radius 1 is 1.43 bits per heavy atom. The minimum absolute atomic E-state index is 0.0712. The van der Waals surface area contributed by atoms with E-state index >= 15 is 0 Å². The third-order valence-corrected chi connectivity index (χ3v) is 4.27. The lowest BCUT2D eigenvalue weighted by Gasteiger charge is -2.18. The minimum atomic E-state index is -0.180. The molecule has 2 rings (SSSR count). The van der Waals surface area contributed by atoms with Crippen LogP contribution in [0, 0.1) is 12.7 Å². The molecule has 0 spiro atoms. The standard InChI is InChI=1S/C16H21ClFN3/c1-5-13-16(17)15(21(4)20-13)9-14(19-3)11-6-7-12(18)10(2)8-11/h6-8,14,19H,5,9H2,1-4H3. The van der Waals surface area contributed by atoms with Crippen LogP contribution in [0.5, 0.6) is 0 Å². The second-order valence-corrected chi connectivity index (χ2v) is 5.62. The van der Waals surface area contributed by atoms with Crippen LogP contribution >= 0.6 is 11.6 Å². The van der Waals surface area contributed by atoms with Gasteiger partial charge in [0.15, 0.2) is 0 Å². The van der Waals surface area contributed by atoms with Crippen LogP contribution in [0.15, 0.2) is 18.2 Å². The first kappa shape index (κ1) is 16.0. The van der Waals surface area contributed by atoms with Crippen molar-refractivity contribution in [1.29, 1.82) is 0 Å². The van der Waals surface area contributed by atoms with E-state index < -0.39 is 0 Å². The van der Waals surface area contributed by atoms with Gasteiger partial charge in [-0.25, -0.2) is 4.39 Å². The number of benzene rings is 1. The molecule has 1 aromatic heterocycles. The number of aryl methyl sites for hydroxylation is 3. The molecule has 0 radical (unpaired) electrons. The summed E-state index contributed by atoms with van der Waals surface area (Å²) in [4.78, 5) is 0. The molecule has 1 aromatic carbocycles. The van der Waals surface area contributed by atoms with Crippen molar-refractivity contribution in [1.82, 2.24) is 15.1 Å². The molecular weight excluding hydrogens is 289 g/mol. The van der Waals surface area contributed by atoms with Gasteiger partial charge in [-0.3, -0.25) is 4.68 Å². The van der Waals surface area contributed by atoms with Crippen molar-refractivity contribution in [2.45, 2.75) is 32.7 Å². The molecule has 0 bridgehead atoms. The van der Waals surface area contributed by atoms with Crippen LogP contribution in [0.4, 0.5) is 4.39 Å². The fourth-order valence-electron chi connectivity index (χ4n) is 2.51. The van der Waals surface area contributed by atoms with Crippen molar-refractivity contribution >= 4 is 11.6 Å². The highest BCUT2D eigenvalue weighted by atomic mass is 35.5. The van der Waals surface area contributed by atoms with Crippen LogP contribution in [-0.4, -0.2) is 16.8 Å². The highest BCUT2D eigenvalue weighted by molar-refractivity contribution is 6.31. The van der Waals surface area contributed by atoms with Crippen LogP contribution < -0.4 is 5.32 Å². The number of nitrogens with one attached hydrogen (secondary N) is 1. The Hall–Kier alpha value is -1.39. The van der Waals surface area contributed by atoms with Crippen molar-refractivity contribution in [3.05, 3.63) is 51.6 Å². The van der Waals surface area contributed by atoms with Gasteiger partial charge in [-0.15, -0.1) is 0 Å². The van der Waals surface area contributed by atoms with E-state index in [2.05, 4.69) is 10.4 Å². The van der Waals surface area contributed by atoms with Crippen LogP contribution in [0.3, 0.4) is 0 Å². The number of aromatic nitrogens is 2. The predicted octanol–water partition coefficient (Wildman–Crippen LogP) is 3.59. The van der Waals surface area contributed by atoms with Crippen LogP contribution in [-0.2, 0) is 19.9 Å². The summed E-state index contributed by atoms with van der Waals surface area (Å²) < 4.78 is 15.2. The van der Waals surface area contributed by atoms with Crippen molar-refractivity contribution in [2.24, 2.45) is 7.05 Å². The summed E-state index contributed by atoms with van der Waals surface area (Å²) in [5, 5.41) is 8.45. The Morgan fingerprint density at radius 3 is 2.67 bits per heavy atom. The van der Waals surface area contributed by atoms with E-state index in [4.69, 9.17) is 11.6 Å². The fourth-order valence-corrected chi connectivity index (χ4v) is 2.88. The summed E-state index contributed by atoms with van der Waals surface area (Å²) in [5.41, 5.74) is 3.61. The lowest BCUT2D eigenvalue weighted by Crippen LogP contribution is -2.20. The van der Waals surface area contributed by atoms with Gasteiger partial charge in [0.25, 0.3) is 0 Å². The topological polar surface area (TPSA) is 29.9 Å². The molecule has 3 nitrogen and oxygen atoms in total. The van der Waals surface area contributed by atoms with Crippen LogP contribution in [0.25, 0.3) is 0 Å². The fraction of sp³-hybridized carbons (Fsp3) is 0.438. The summed E-state index contributed by atoms with van der Waals surface area (Å²) in [5.74, 6) is -0.180. The van der Waals surface area contributed by atoms with Gasteiger partial charge < -0.3 is 5.32 Å². The highest BCUT2D eigenvalue weighted by Crippen LogP contribution is 2.27. The third kappa shape index (κ3) is 3.27. The molecule has 114 valence electrons. The van der Waals surface area contributed by atoms with Gasteiger partial charge in [-0.1, -0.05) is 30.7 Å². The van der Waals surface area contributed by atoms with Crippen LogP contribution in [0.1, 0.15) is 35.5 Å². The van der Waals surface area contributed by atoms with Gasteiger partial charge in [0.2, 0.25) is 0 Å². The second-order valence-electron chi connectivity index (χ2n) is 5.24. The van der Waals surface area contributed by atoms with Gasteiger partial charge in [-0.05, 0) is 37.6 Å². The number of hydrogen-bond donors (Lipinski definition) is 1. The molecule has 5 heteroatoms. The van der Waals surface area contributed by atoms with Gasteiger partial charge >= 0.3 is 0 Å². The summed E-state index contributed by atoms with van der Waals surface area (Å²) in [7, 11) is 3.80. The maximum atomic E-state index is 13.4. The molecule has 0 aliphatic carbocycles. The number of likely N-dealkylation sites (N-methyl/N-ethyl adjacent to an activating group) is 1. The Bertz CT molecular complexity index is 637. The Morgan fingerprint density at radius 2 is 2.14 bits per heavy atom. The summed E-state index contributed by atoms with van der Waals surface area (Å²) in [6, 6.07) is 5.27. The molecule has 0 saturated heterocycles. The van der Waals surface area contributed by atoms with Gasteiger partial charge in [0.1, 0.15) is 5.82 Å². The Kier molecular flexibility index (Phi) is 5.01. The average Bonchev–Trinajstić information content (AvgIpc) is 2.74. The monoisotopic (exact) mass is 309 g/mol. The van der Waals surface area contributed by atoms with Crippen molar-refractivity contribution in [3.63, 3.8) is 0 Å². The summed E-state index contributed by atoms with van der Waals surface area (Å²) >= 11 is 6.40. The molecule has 0 aliphatic rings. The SMILES string of the molecule is CCc1nn(C)c(CC(NC)c2ccc(F)c(C)c2)c1Cl. The first-order chi connectivity index (χ1) is 9.97. The minimum Gasteiger partial charge on any atom is -0.313 e. The summed E-state index contributed by atoms with van der Waals surface area (Å²) in [6.07, 6.45) is 1.52. The van der Waals surface area contributed by atoms with Crippen molar-refractivity contribution in [2.75, 3.05) is 7.05 Å². The first-order valence-electron chi connectivity index (χ1n) is 7.11. The number of nitrogens with zero attached hydrogens (tertiary/aromatic N) is 2. The number of hydrogen-bond acceptors (Lipinski definition) is 2. The zero-order valence-corrected chi connectivity index (χ0v) is 13.6. The molecule has 1 unspecified atom stereocenters. The molecule has 1 atom stereocenters. The normalized spacial score (nSPS) is 12.7. The summed E-state index contributed by atoms with van der Waals surface area (Å²) in [6.45, 7) is 3.81. The Labute approximate surface area is 130 Å². The number of halogens is 2. The van der Waals surface area contributed by atoms with Gasteiger partial charge in [0.05, 0.1) is 16.4 Å².